The Morgan fingerprint density at radius 2 is 1.73 bits per heavy atom. The molecule has 1 fully saturated rings. The highest BCUT2D eigenvalue weighted by Gasteiger charge is 2.30. The molecule has 0 aliphatic carbocycles. The molecule has 4 aromatic rings. The molecule has 0 spiro atoms. The van der Waals surface area contributed by atoms with Crippen LogP contribution in [0, 0.1) is 0 Å². The second kappa shape index (κ2) is 16.3. The molecule has 12 heteroatoms. The molecule has 1 saturated heterocycles. The van der Waals surface area contributed by atoms with Gasteiger partial charge in [-0.3, -0.25) is 4.90 Å². The minimum Gasteiger partial charge on any atom is -0.497 e. The van der Waals surface area contributed by atoms with Crippen LogP contribution in [0.1, 0.15) is 55.3 Å². The Morgan fingerprint density at radius 1 is 1.00 bits per heavy atom. The van der Waals surface area contributed by atoms with Crippen molar-refractivity contribution in [3.63, 3.8) is 0 Å². The van der Waals surface area contributed by atoms with Crippen molar-refractivity contribution in [2.24, 2.45) is 0 Å². The smallest absolute Gasteiger partial charge is 0.416 e. The summed E-state index contributed by atoms with van der Waals surface area (Å²) in [6, 6.07) is 19.3. The van der Waals surface area contributed by atoms with Gasteiger partial charge in [0.25, 0.3) is 0 Å². The number of alkyl halides is 3. The maximum atomic E-state index is 13.3. The molecular formula is C37H42F3N3O4S2. The summed E-state index contributed by atoms with van der Waals surface area (Å²) in [4.78, 5) is 24.0. The zero-order valence-electron chi connectivity index (χ0n) is 28.4. The number of benzene rings is 3. The van der Waals surface area contributed by atoms with Crippen LogP contribution >= 0.6 is 23.1 Å². The first kappa shape index (κ1) is 36.5. The number of carbonyl (C=O) groups is 1. The highest BCUT2D eigenvalue weighted by atomic mass is 32.2. The van der Waals surface area contributed by atoms with Crippen molar-refractivity contribution in [2.45, 2.75) is 63.1 Å². The lowest BCUT2D eigenvalue weighted by Gasteiger charge is -2.36. The van der Waals surface area contributed by atoms with Crippen LogP contribution in [-0.4, -0.2) is 61.9 Å². The molecule has 0 bridgehead atoms. The molecule has 0 radical (unpaired) electrons. The van der Waals surface area contributed by atoms with E-state index in [4.69, 9.17) is 19.2 Å². The molecule has 1 atom stereocenters. The molecule has 0 saturated carbocycles. The zero-order valence-corrected chi connectivity index (χ0v) is 30.0. The number of anilines is 1. The van der Waals surface area contributed by atoms with Gasteiger partial charge in [-0.05, 0) is 67.8 Å². The lowest BCUT2D eigenvalue weighted by Crippen LogP contribution is -2.46. The number of ether oxygens (including phenoxy) is 3. The number of rotatable bonds is 13. The van der Waals surface area contributed by atoms with E-state index < -0.39 is 23.8 Å². The molecule has 0 amide bonds. The summed E-state index contributed by atoms with van der Waals surface area (Å²) in [6.45, 7) is 12.0. The molecular weight excluding hydrogens is 672 g/mol. The molecule has 1 aromatic heterocycles. The third-order valence-electron chi connectivity index (χ3n) is 8.30. The monoisotopic (exact) mass is 713 g/mol. The standard InChI is InChI=1S/C37H42F3N3O4S2/c1-6-46-36(44)25(4)47-33-15-14-30(21-31(33)24(2)3)48-23-34-32(41-35(49-34)26-10-12-27(13-11-26)37(38,39)40)22-42-16-18-43(19-17-42)28-8-7-9-29(20-28)45-5/h7-15,20-21,24-25H,6,16-19,22-23H2,1-5H3. The van der Waals surface area contributed by atoms with E-state index in [0.717, 1.165) is 70.8 Å². The summed E-state index contributed by atoms with van der Waals surface area (Å²) >= 11 is 3.20. The molecule has 0 N–H and O–H groups in total. The van der Waals surface area contributed by atoms with Crippen LogP contribution in [0.25, 0.3) is 10.6 Å². The summed E-state index contributed by atoms with van der Waals surface area (Å²) in [5.74, 6) is 1.88. The van der Waals surface area contributed by atoms with E-state index in [1.807, 2.05) is 30.3 Å². The van der Waals surface area contributed by atoms with E-state index in [9.17, 15) is 18.0 Å². The van der Waals surface area contributed by atoms with Gasteiger partial charge in [-0.25, -0.2) is 9.78 Å². The average Bonchev–Trinajstić information content (AvgIpc) is 3.50. The maximum Gasteiger partial charge on any atom is 0.416 e. The molecule has 2 heterocycles. The minimum absolute atomic E-state index is 0.158. The van der Waals surface area contributed by atoms with Crippen LogP contribution < -0.4 is 14.4 Å². The van der Waals surface area contributed by atoms with Gasteiger partial charge < -0.3 is 19.1 Å². The summed E-state index contributed by atoms with van der Waals surface area (Å²) in [5.41, 5.74) is 3.04. The average molecular weight is 714 g/mol. The van der Waals surface area contributed by atoms with Crippen LogP contribution in [0.5, 0.6) is 11.5 Å². The van der Waals surface area contributed by atoms with Gasteiger partial charge in [0.2, 0.25) is 0 Å². The van der Waals surface area contributed by atoms with Gasteiger partial charge in [-0.1, -0.05) is 32.0 Å². The zero-order chi connectivity index (χ0) is 35.1. The minimum atomic E-state index is -4.40. The fourth-order valence-electron chi connectivity index (χ4n) is 5.55. The van der Waals surface area contributed by atoms with E-state index in [-0.39, 0.29) is 5.92 Å². The second-order valence-corrected chi connectivity index (χ2v) is 14.2. The maximum absolute atomic E-state index is 13.3. The largest absolute Gasteiger partial charge is 0.497 e. The van der Waals surface area contributed by atoms with Gasteiger partial charge in [0, 0.05) is 65.6 Å². The Hall–Kier alpha value is -3.74. The predicted octanol–water partition coefficient (Wildman–Crippen LogP) is 8.91. The van der Waals surface area contributed by atoms with E-state index in [1.54, 1.807) is 32.7 Å². The van der Waals surface area contributed by atoms with E-state index in [0.29, 0.717) is 35.2 Å². The molecule has 1 aliphatic rings. The first-order chi connectivity index (χ1) is 23.4. The van der Waals surface area contributed by atoms with Crippen molar-refractivity contribution in [1.82, 2.24) is 9.88 Å². The number of thioether (sulfide) groups is 1. The number of hydrogen-bond donors (Lipinski definition) is 0. The third kappa shape index (κ3) is 9.49. The van der Waals surface area contributed by atoms with E-state index in [1.165, 1.54) is 23.5 Å². The molecule has 7 nitrogen and oxygen atoms in total. The van der Waals surface area contributed by atoms with Gasteiger partial charge in [-0.15, -0.1) is 23.1 Å². The summed E-state index contributed by atoms with van der Waals surface area (Å²) < 4.78 is 56.3. The topological polar surface area (TPSA) is 64.1 Å². The van der Waals surface area contributed by atoms with Crippen molar-refractivity contribution < 1.29 is 32.2 Å². The predicted molar refractivity (Wildman–Crippen MR) is 190 cm³/mol. The molecule has 262 valence electrons. The number of aromatic nitrogens is 1. The molecule has 49 heavy (non-hydrogen) atoms. The number of esters is 1. The first-order valence-electron chi connectivity index (χ1n) is 16.3. The fourth-order valence-corrected chi connectivity index (χ4v) is 7.67. The molecule has 5 rings (SSSR count). The summed E-state index contributed by atoms with van der Waals surface area (Å²) in [6.07, 6.45) is -5.12. The number of nitrogens with zero attached hydrogens (tertiary/aromatic N) is 3. The molecule has 1 aliphatic heterocycles. The highest BCUT2D eigenvalue weighted by molar-refractivity contribution is 7.98. The van der Waals surface area contributed by atoms with E-state index in [2.05, 4.69) is 35.8 Å². The van der Waals surface area contributed by atoms with Crippen molar-refractivity contribution in [3.8, 4) is 22.1 Å². The number of piperazine rings is 1. The third-order valence-corrected chi connectivity index (χ3v) is 10.6. The SMILES string of the molecule is CCOC(=O)C(C)Oc1ccc(SCc2sc(-c3ccc(C(F)(F)F)cc3)nc2CN2CCN(c3cccc(OC)c3)CC2)cc1C(C)C. The van der Waals surface area contributed by atoms with Crippen LogP contribution in [0.15, 0.2) is 71.6 Å². The van der Waals surface area contributed by atoms with Crippen LogP contribution in [0.3, 0.4) is 0 Å². The number of hydrogen-bond acceptors (Lipinski definition) is 9. The lowest BCUT2D eigenvalue weighted by atomic mass is 10.0. The van der Waals surface area contributed by atoms with Gasteiger partial charge in [0.05, 0.1) is 25.0 Å². The number of thiazole rings is 1. The molecule has 3 aromatic carbocycles. The van der Waals surface area contributed by atoms with Gasteiger partial charge in [0.1, 0.15) is 16.5 Å². The Kier molecular flexibility index (Phi) is 12.2. The van der Waals surface area contributed by atoms with Crippen molar-refractivity contribution >= 4 is 34.8 Å². The van der Waals surface area contributed by atoms with Gasteiger partial charge in [0.15, 0.2) is 6.10 Å². The quantitative estimate of drug-likeness (QED) is 0.101. The summed E-state index contributed by atoms with van der Waals surface area (Å²) in [7, 11) is 1.67. The van der Waals surface area contributed by atoms with Crippen molar-refractivity contribution in [2.75, 3.05) is 44.8 Å². The van der Waals surface area contributed by atoms with E-state index >= 15 is 0 Å². The van der Waals surface area contributed by atoms with Crippen LogP contribution in [-0.2, 0) is 28.0 Å². The number of halogens is 3. The Balaban J connectivity index is 1.34. The highest BCUT2D eigenvalue weighted by Crippen LogP contribution is 2.38. The van der Waals surface area contributed by atoms with Crippen molar-refractivity contribution in [1.29, 1.82) is 0 Å². The van der Waals surface area contributed by atoms with Gasteiger partial charge in [-0.2, -0.15) is 13.2 Å². The Labute approximate surface area is 294 Å². The lowest BCUT2D eigenvalue weighted by molar-refractivity contribution is -0.150. The first-order valence-corrected chi connectivity index (χ1v) is 18.1. The summed E-state index contributed by atoms with van der Waals surface area (Å²) in [5, 5.41) is 0.703. The fraction of sp³-hybridized carbons (Fsp3) is 0.405. The molecule has 1 unspecified atom stereocenters. The Bertz CT molecular complexity index is 1700. The number of carbonyl (C=O) groups excluding carboxylic acids is 1. The van der Waals surface area contributed by atoms with Crippen molar-refractivity contribution in [3.05, 3.63) is 88.4 Å². The van der Waals surface area contributed by atoms with Crippen LogP contribution in [0.2, 0.25) is 0 Å². The van der Waals surface area contributed by atoms with Crippen LogP contribution in [0.4, 0.5) is 18.9 Å². The number of methoxy groups -OCH3 is 1. The Morgan fingerprint density at radius 3 is 2.39 bits per heavy atom. The second-order valence-electron chi connectivity index (χ2n) is 12.1. The normalized spacial score (nSPS) is 14.6. The van der Waals surface area contributed by atoms with Gasteiger partial charge >= 0.3 is 12.1 Å².